The van der Waals surface area contributed by atoms with Gasteiger partial charge in [-0.3, -0.25) is 9.59 Å². The molecule has 25 heavy (non-hydrogen) atoms. The quantitative estimate of drug-likeness (QED) is 0.771. The molecule has 0 radical (unpaired) electrons. The summed E-state index contributed by atoms with van der Waals surface area (Å²) in [5, 5.41) is 12.0. The van der Waals surface area contributed by atoms with Crippen LogP contribution >= 0.6 is 0 Å². The number of amides is 1. The van der Waals surface area contributed by atoms with Gasteiger partial charge in [0.25, 0.3) is 5.91 Å². The summed E-state index contributed by atoms with van der Waals surface area (Å²) in [6.07, 6.45) is -0.811. The minimum atomic E-state index is -1.10. The van der Waals surface area contributed by atoms with Crippen molar-refractivity contribution in [2.24, 2.45) is 0 Å². The van der Waals surface area contributed by atoms with Gasteiger partial charge in [-0.15, -0.1) is 0 Å². The lowest BCUT2D eigenvalue weighted by atomic mass is 9.99. The molecule has 2 aromatic carbocycles. The Morgan fingerprint density at radius 3 is 2.28 bits per heavy atom. The molecule has 0 spiro atoms. The minimum absolute atomic E-state index is 0.115. The van der Waals surface area contributed by atoms with Crippen molar-refractivity contribution in [3.8, 4) is 0 Å². The maximum atomic E-state index is 13.0. The zero-order valence-corrected chi connectivity index (χ0v) is 13.8. The topological polar surface area (TPSA) is 75.6 Å². The molecule has 0 saturated heterocycles. The van der Waals surface area contributed by atoms with E-state index in [-0.39, 0.29) is 6.54 Å². The molecule has 2 atom stereocenters. The zero-order valence-electron chi connectivity index (χ0n) is 13.8. The number of benzene rings is 2. The zero-order chi connectivity index (χ0) is 18.2. The standard InChI is InChI=1S/C19H20FNO4/c1-2-25-17(14-6-4-3-5-7-14)18(22)21-12-16(19(23)24)13-8-10-15(20)11-9-13/h3-11,16-17H,2,12H2,1H3,(H,21,22)(H,23,24). The summed E-state index contributed by atoms with van der Waals surface area (Å²) in [5.74, 6) is -2.93. The molecule has 2 rings (SSSR count). The number of ether oxygens (including phenoxy) is 1. The summed E-state index contributed by atoms with van der Waals surface area (Å²) in [6.45, 7) is 2.01. The second kappa shape index (κ2) is 8.94. The fraction of sp³-hybridized carbons (Fsp3) is 0.263. The molecule has 132 valence electrons. The highest BCUT2D eigenvalue weighted by Crippen LogP contribution is 2.19. The lowest BCUT2D eigenvalue weighted by Gasteiger charge is -2.19. The first-order valence-electron chi connectivity index (χ1n) is 7.95. The van der Waals surface area contributed by atoms with Gasteiger partial charge in [-0.1, -0.05) is 42.5 Å². The average Bonchev–Trinajstić information content (AvgIpc) is 2.61. The fourth-order valence-corrected chi connectivity index (χ4v) is 2.46. The molecule has 0 heterocycles. The molecule has 0 aliphatic rings. The lowest BCUT2D eigenvalue weighted by molar-refractivity contribution is -0.139. The van der Waals surface area contributed by atoms with Gasteiger partial charge in [-0.05, 0) is 30.2 Å². The molecule has 6 heteroatoms. The minimum Gasteiger partial charge on any atom is -0.481 e. The number of carbonyl (C=O) groups excluding carboxylic acids is 1. The van der Waals surface area contributed by atoms with Crippen LogP contribution < -0.4 is 5.32 Å². The van der Waals surface area contributed by atoms with E-state index in [0.29, 0.717) is 17.7 Å². The van der Waals surface area contributed by atoms with Crippen LogP contribution in [0.4, 0.5) is 4.39 Å². The number of carbonyl (C=O) groups is 2. The van der Waals surface area contributed by atoms with Crippen LogP contribution in [0.2, 0.25) is 0 Å². The van der Waals surface area contributed by atoms with E-state index in [0.717, 1.165) is 0 Å². The highest BCUT2D eigenvalue weighted by atomic mass is 19.1. The van der Waals surface area contributed by atoms with Crippen LogP contribution in [-0.4, -0.2) is 30.1 Å². The Labute approximate surface area is 145 Å². The third kappa shape index (κ3) is 5.12. The number of carboxylic acid groups (broad SMARTS) is 1. The van der Waals surface area contributed by atoms with Gasteiger partial charge in [0.1, 0.15) is 5.82 Å². The first-order valence-corrected chi connectivity index (χ1v) is 7.95. The monoisotopic (exact) mass is 345 g/mol. The van der Waals surface area contributed by atoms with Crippen molar-refractivity contribution >= 4 is 11.9 Å². The van der Waals surface area contributed by atoms with Crippen LogP contribution in [0.5, 0.6) is 0 Å². The van der Waals surface area contributed by atoms with Crippen molar-refractivity contribution in [3.05, 3.63) is 71.5 Å². The van der Waals surface area contributed by atoms with Gasteiger partial charge >= 0.3 is 5.97 Å². The van der Waals surface area contributed by atoms with E-state index < -0.39 is 29.7 Å². The first-order chi connectivity index (χ1) is 12.0. The molecule has 2 N–H and O–H groups in total. The Balaban J connectivity index is 2.09. The van der Waals surface area contributed by atoms with Gasteiger partial charge in [0, 0.05) is 13.2 Å². The normalized spacial score (nSPS) is 13.0. The highest BCUT2D eigenvalue weighted by Gasteiger charge is 2.25. The van der Waals surface area contributed by atoms with Crippen LogP contribution in [0.1, 0.15) is 30.1 Å². The third-order valence-corrected chi connectivity index (χ3v) is 3.72. The van der Waals surface area contributed by atoms with Crippen LogP contribution in [0.3, 0.4) is 0 Å². The van der Waals surface area contributed by atoms with Crippen molar-refractivity contribution in [1.29, 1.82) is 0 Å². The Morgan fingerprint density at radius 1 is 1.08 bits per heavy atom. The molecule has 1 amide bonds. The van der Waals surface area contributed by atoms with Gasteiger partial charge in [0.05, 0.1) is 5.92 Å². The van der Waals surface area contributed by atoms with Gasteiger partial charge in [-0.2, -0.15) is 0 Å². The SMILES string of the molecule is CCOC(C(=O)NCC(C(=O)O)c1ccc(F)cc1)c1ccccc1. The van der Waals surface area contributed by atoms with E-state index in [2.05, 4.69) is 5.32 Å². The van der Waals surface area contributed by atoms with Crippen LogP contribution in [-0.2, 0) is 14.3 Å². The molecule has 5 nitrogen and oxygen atoms in total. The summed E-state index contributed by atoms with van der Waals surface area (Å²) in [4.78, 5) is 23.9. The second-order valence-corrected chi connectivity index (χ2v) is 5.43. The first kappa shape index (κ1) is 18.6. The van der Waals surface area contributed by atoms with Crippen molar-refractivity contribution in [1.82, 2.24) is 5.32 Å². The molecule has 0 aromatic heterocycles. The third-order valence-electron chi connectivity index (χ3n) is 3.72. The van der Waals surface area contributed by atoms with Crippen LogP contribution in [0.15, 0.2) is 54.6 Å². The van der Waals surface area contributed by atoms with Gasteiger partial charge in [-0.25, -0.2) is 4.39 Å². The fourth-order valence-electron chi connectivity index (χ4n) is 2.46. The van der Waals surface area contributed by atoms with Crippen molar-refractivity contribution in [2.45, 2.75) is 18.9 Å². The van der Waals surface area contributed by atoms with Gasteiger partial charge in [0.15, 0.2) is 6.10 Å². The summed E-state index contributed by atoms with van der Waals surface area (Å²) in [6, 6.07) is 14.2. The number of carboxylic acids is 1. The van der Waals surface area contributed by atoms with Gasteiger partial charge < -0.3 is 15.2 Å². The number of nitrogens with one attached hydrogen (secondary N) is 1. The Bertz CT molecular complexity index is 703. The predicted molar refractivity (Wildman–Crippen MR) is 90.6 cm³/mol. The number of aliphatic carboxylic acids is 1. The Morgan fingerprint density at radius 2 is 1.72 bits per heavy atom. The van der Waals surface area contributed by atoms with E-state index in [1.165, 1.54) is 24.3 Å². The van der Waals surface area contributed by atoms with E-state index in [9.17, 15) is 19.1 Å². The van der Waals surface area contributed by atoms with E-state index in [4.69, 9.17) is 4.74 Å². The van der Waals surface area contributed by atoms with Crippen LogP contribution in [0.25, 0.3) is 0 Å². The number of hydrogen-bond acceptors (Lipinski definition) is 3. The molecular weight excluding hydrogens is 325 g/mol. The molecule has 0 fully saturated rings. The average molecular weight is 345 g/mol. The Hall–Kier alpha value is -2.73. The molecule has 2 aromatic rings. The predicted octanol–water partition coefficient (Wildman–Crippen LogP) is 2.89. The Kier molecular flexibility index (Phi) is 6.65. The summed E-state index contributed by atoms with van der Waals surface area (Å²) in [7, 11) is 0. The maximum absolute atomic E-state index is 13.0. The van der Waals surface area contributed by atoms with Crippen molar-refractivity contribution in [3.63, 3.8) is 0 Å². The number of hydrogen-bond donors (Lipinski definition) is 2. The van der Waals surface area contributed by atoms with Crippen LogP contribution in [0, 0.1) is 5.82 Å². The van der Waals surface area contributed by atoms with Gasteiger partial charge in [0.2, 0.25) is 0 Å². The highest BCUT2D eigenvalue weighted by molar-refractivity contribution is 5.83. The molecule has 0 aliphatic carbocycles. The lowest BCUT2D eigenvalue weighted by Crippen LogP contribution is -2.36. The van der Waals surface area contributed by atoms with E-state index >= 15 is 0 Å². The summed E-state index contributed by atoms with van der Waals surface area (Å²) < 4.78 is 18.5. The molecule has 0 saturated carbocycles. The van der Waals surface area contributed by atoms with E-state index in [1.54, 1.807) is 31.2 Å². The second-order valence-electron chi connectivity index (χ2n) is 5.43. The summed E-state index contributed by atoms with van der Waals surface area (Å²) >= 11 is 0. The summed E-state index contributed by atoms with van der Waals surface area (Å²) in [5.41, 5.74) is 1.11. The number of halogens is 1. The van der Waals surface area contributed by atoms with Crippen molar-refractivity contribution in [2.75, 3.05) is 13.2 Å². The van der Waals surface area contributed by atoms with E-state index in [1.807, 2.05) is 6.07 Å². The molecular formula is C19H20FNO4. The molecule has 2 unspecified atom stereocenters. The largest absolute Gasteiger partial charge is 0.481 e. The smallest absolute Gasteiger partial charge is 0.312 e. The molecule has 0 aliphatic heterocycles. The maximum Gasteiger partial charge on any atom is 0.312 e. The molecule has 0 bridgehead atoms. The number of rotatable bonds is 8. The van der Waals surface area contributed by atoms with Crippen molar-refractivity contribution < 1.29 is 23.8 Å².